The monoisotopic (exact) mass is 359 g/mol. The minimum Gasteiger partial charge on any atom is -0.492 e. The first-order valence-corrected chi connectivity index (χ1v) is 8.91. The van der Waals surface area contributed by atoms with Gasteiger partial charge in [0, 0.05) is 20.1 Å². The van der Waals surface area contributed by atoms with Crippen LogP contribution in [0.25, 0.3) is 0 Å². The Kier molecular flexibility index (Phi) is 5.29. The fourth-order valence-corrected chi connectivity index (χ4v) is 3.30. The Balaban J connectivity index is 1.78. The van der Waals surface area contributed by atoms with E-state index in [-0.39, 0.29) is 5.91 Å². The highest BCUT2D eigenvalue weighted by molar-refractivity contribution is 6.03. The van der Waals surface area contributed by atoms with Crippen molar-refractivity contribution in [2.45, 2.75) is 26.1 Å². The molecule has 8 heteroatoms. The van der Waals surface area contributed by atoms with Gasteiger partial charge >= 0.3 is 6.03 Å². The zero-order valence-electron chi connectivity index (χ0n) is 15.4. The second-order valence-electron chi connectivity index (χ2n) is 6.22. The SMILES string of the molecule is CCN(CC)C1=NC2C(C(=O)NC(=O)N2C)N1CCOc1ccccc1. The maximum Gasteiger partial charge on any atom is 0.325 e. The molecule has 26 heavy (non-hydrogen) atoms. The van der Waals surface area contributed by atoms with Crippen molar-refractivity contribution >= 4 is 17.9 Å². The fourth-order valence-electron chi connectivity index (χ4n) is 3.30. The van der Waals surface area contributed by atoms with Crippen LogP contribution in [0, 0.1) is 0 Å². The van der Waals surface area contributed by atoms with E-state index < -0.39 is 18.2 Å². The van der Waals surface area contributed by atoms with E-state index in [1.54, 1.807) is 7.05 Å². The average Bonchev–Trinajstić information content (AvgIpc) is 3.02. The van der Waals surface area contributed by atoms with E-state index in [0.29, 0.717) is 13.2 Å². The number of para-hydroxylation sites is 1. The van der Waals surface area contributed by atoms with Gasteiger partial charge < -0.3 is 19.4 Å². The quantitative estimate of drug-likeness (QED) is 0.818. The van der Waals surface area contributed by atoms with Gasteiger partial charge in [0.15, 0.2) is 18.2 Å². The summed E-state index contributed by atoms with van der Waals surface area (Å²) in [6.45, 7) is 6.54. The minimum atomic E-state index is -0.535. The number of imide groups is 1. The second kappa shape index (κ2) is 7.63. The zero-order valence-corrected chi connectivity index (χ0v) is 15.4. The molecule has 1 aromatic carbocycles. The number of rotatable bonds is 6. The lowest BCUT2D eigenvalue weighted by molar-refractivity contribution is -0.127. The predicted molar refractivity (Wildman–Crippen MR) is 97.9 cm³/mol. The molecule has 2 aliphatic heterocycles. The van der Waals surface area contributed by atoms with Gasteiger partial charge in [0.05, 0.1) is 6.54 Å². The molecular formula is C18H25N5O3. The summed E-state index contributed by atoms with van der Waals surface area (Å²) in [7, 11) is 1.66. The summed E-state index contributed by atoms with van der Waals surface area (Å²) in [5, 5.41) is 2.41. The summed E-state index contributed by atoms with van der Waals surface area (Å²) >= 11 is 0. The number of carbonyl (C=O) groups excluding carboxylic acids is 2. The number of nitrogens with zero attached hydrogens (tertiary/aromatic N) is 4. The summed E-state index contributed by atoms with van der Waals surface area (Å²) in [6.07, 6.45) is -0.511. The van der Waals surface area contributed by atoms with E-state index in [0.717, 1.165) is 24.8 Å². The van der Waals surface area contributed by atoms with Gasteiger partial charge in [0.2, 0.25) is 0 Å². The number of aliphatic imine (C=N–C) groups is 1. The molecule has 1 saturated heterocycles. The number of nitrogens with one attached hydrogen (secondary N) is 1. The Bertz CT molecular complexity index is 689. The number of amides is 3. The van der Waals surface area contributed by atoms with E-state index in [9.17, 15) is 9.59 Å². The van der Waals surface area contributed by atoms with E-state index in [1.165, 1.54) is 4.90 Å². The lowest BCUT2D eigenvalue weighted by atomic mass is 10.1. The molecule has 0 saturated carbocycles. The van der Waals surface area contributed by atoms with Gasteiger partial charge in [0.1, 0.15) is 12.4 Å². The third kappa shape index (κ3) is 3.31. The Morgan fingerprint density at radius 1 is 1.19 bits per heavy atom. The number of hydrogen-bond acceptors (Lipinski definition) is 6. The van der Waals surface area contributed by atoms with Crippen LogP contribution in [0.4, 0.5) is 4.79 Å². The molecule has 1 N–H and O–H groups in total. The fraction of sp³-hybridized carbons (Fsp3) is 0.500. The number of fused-ring (bicyclic) bond motifs is 1. The topological polar surface area (TPSA) is 77.5 Å². The summed E-state index contributed by atoms with van der Waals surface area (Å²) < 4.78 is 5.80. The van der Waals surface area contributed by atoms with Gasteiger partial charge in [-0.15, -0.1) is 0 Å². The van der Waals surface area contributed by atoms with Gasteiger partial charge in [-0.1, -0.05) is 18.2 Å². The molecule has 3 rings (SSSR count). The van der Waals surface area contributed by atoms with Crippen molar-refractivity contribution in [2.24, 2.45) is 4.99 Å². The predicted octanol–water partition coefficient (Wildman–Crippen LogP) is 0.955. The molecule has 2 heterocycles. The van der Waals surface area contributed by atoms with Gasteiger partial charge in [-0.2, -0.15) is 0 Å². The third-order valence-electron chi connectivity index (χ3n) is 4.73. The molecule has 0 bridgehead atoms. The molecule has 2 unspecified atom stereocenters. The number of carbonyl (C=O) groups is 2. The molecule has 0 aromatic heterocycles. The van der Waals surface area contributed by atoms with Gasteiger partial charge in [-0.05, 0) is 26.0 Å². The van der Waals surface area contributed by atoms with Crippen molar-refractivity contribution in [2.75, 3.05) is 33.3 Å². The van der Waals surface area contributed by atoms with Crippen LogP contribution in [0.2, 0.25) is 0 Å². The van der Waals surface area contributed by atoms with Crippen LogP contribution in [-0.2, 0) is 4.79 Å². The summed E-state index contributed by atoms with van der Waals surface area (Å²) in [6, 6.07) is 8.60. The van der Waals surface area contributed by atoms with Crippen LogP contribution in [-0.4, -0.2) is 78.1 Å². The molecule has 1 aromatic rings. The molecule has 0 aliphatic carbocycles. The van der Waals surface area contributed by atoms with E-state index in [1.807, 2.05) is 49.1 Å². The van der Waals surface area contributed by atoms with Crippen molar-refractivity contribution in [3.8, 4) is 5.75 Å². The maximum atomic E-state index is 12.5. The highest BCUT2D eigenvalue weighted by atomic mass is 16.5. The lowest BCUT2D eigenvalue weighted by Gasteiger charge is -2.37. The standard InChI is InChI=1S/C18H25N5O3/c1-4-22(5-2)17-19-15-14(16(24)20-18(25)21(15)3)23(17)11-12-26-13-9-7-6-8-10-13/h6-10,14-15H,4-5,11-12H2,1-3H3,(H,20,24,25). The van der Waals surface area contributed by atoms with Crippen LogP contribution < -0.4 is 10.1 Å². The first kappa shape index (κ1) is 18.0. The zero-order chi connectivity index (χ0) is 18.7. The van der Waals surface area contributed by atoms with Gasteiger partial charge in [0.25, 0.3) is 5.91 Å². The smallest absolute Gasteiger partial charge is 0.325 e. The van der Waals surface area contributed by atoms with Crippen molar-refractivity contribution in [3.05, 3.63) is 30.3 Å². The summed E-state index contributed by atoms with van der Waals surface area (Å²) in [4.78, 5) is 34.6. The van der Waals surface area contributed by atoms with E-state index >= 15 is 0 Å². The Labute approximate surface area is 153 Å². The normalized spacial score (nSPS) is 22.0. The number of ether oxygens (including phenoxy) is 1. The largest absolute Gasteiger partial charge is 0.492 e. The van der Waals surface area contributed by atoms with Crippen molar-refractivity contribution in [3.63, 3.8) is 0 Å². The molecule has 0 spiro atoms. The number of urea groups is 1. The van der Waals surface area contributed by atoms with E-state index in [2.05, 4.69) is 10.2 Å². The van der Waals surface area contributed by atoms with Crippen LogP contribution in [0.5, 0.6) is 5.75 Å². The number of likely N-dealkylation sites (N-methyl/N-ethyl adjacent to an activating group) is 1. The van der Waals surface area contributed by atoms with Crippen LogP contribution in [0.15, 0.2) is 35.3 Å². The summed E-state index contributed by atoms with van der Waals surface area (Å²) in [5.74, 6) is 1.20. The van der Waals surface area contributed by atoms with Crippen molar-refractivity contribution in [1.82, 2.24) is 20.0 Å². The molecule has 3 amide bonds. The minimum absolute atomic E-state index is 0.316. The lowest BCUT2D eigenvalue weighted by Crippen LogP contribution is -2.64. The van der Waals surface area contributed by atoms with Crippen LogP contribution in [0.3, 0.4) is 0 Å². The first-order chi connectivity index (χ1) is 12.6. The Hall–Kier alpha value is -2.77. The highest BCUT2D eigenvalue weighted by Gasteiger charge is 2.49. The molecular weight excluding hydrogens is 334 g/mol. The molecule has 2 atom stereocenters. The number of benzene rings is 1. The number of guanidine groups is 1. The first-order valence-electron chi connectivity index (χ1n) is 8.91. The maximum absolute atomic E-state index is 12.5. The number of hydrogen-bond donors (Lipinski definition) is 1. The second-order valence-corrected chi connectivity index (χ2v) is 6.22. The Morgan fingerprint density at radius 2 is 1.88 bits per heavy atom. The molecule has 1 fully saturated rings. The highest BCUT2D eigenvalue weighted by Crippen LogP contribution is 2.25. The Morgan fingerprint density at radius 3 is 2.54 bits per heavy atom. The summed E-state index contributed by atoms with van der Waals surface area (Å²) in [5.41, 5.74) is 0. The van der Waals surface area contributed by atoms with E-state index in [4.69, 9.17) is 9.73 Å². The van der Waals surface area contributed by atoms with Crippen LogP contribution in [0.1, 0.15) is 13.8 Å². The molecule has 140 valence electrons. The van der Waals surface area contributed by atoms with Crippen molar-refractivity contribution in [1.29, 1.82) is 0 Å². The third-order valence-corrected chi connectivity index (χ3v) is 4.73. The molecule has 0 radical (unpaired) electrons. The van der Waals surface area contributed by atoms with Gasteiger partial charge in [-0.25, -0.2) is 9.79 Å². The van der Waals surface area contributed by atoms with Crippen LogP contribution >= 0.6 is 0 Å². The van der Waals surface area contributed by atoms with Crippen molar-refractivity contribution < 1.29 is 14.3 Å². The molecule has 2 aliphatic rings. The average molecular weight is 359 g/mol. The van der Waals surface area contributed by atoms with Gasteiger partial charge in [-0.3, -0.25) is 10.1 Å². The molecule has 8 nitrogen and oxygen atoms in total.